The summed E-state index contributed by atoms with van der Waals surface area (Å²) in [4.78, 5) is 29.1. The van der Waals surface area contributed by atoms with Crippen molar-refractivity contribution in [3.05, 3.63) is 21.7 Å². The minimum absolute atomic E-state index is 0.0180. The van der Waals surface area contributed by atoms with E-state index >= 15 is 0 Å². The number of nitrogens with two attached hydrogens (primary N) is 1. The van der Waals surface area contributed by atoms with Crippen molar-refractivity contribution in [2.75, 3.05) is 12.8 Å². The van der Waals surface area contributed by atoms with Gasteiger partial charge in [-0.05, 0) is 23.4 Å². The van der Waals surface area contributed by atoms with E-state index in [0.717, 1.165) is 11.8 Å². The Balaban J connectivity index is 2.33. The molecule has 2 aromatic rings. The quantitative estimate of drug-likeness (QED) is 0.776. The number of aromatic amines is 1. The number of rotatable bonds is 3. The van der Waals surface area contributed by atoms with Gasteiger partial charge in [0, 0.05) is 6.07 Å². The smallest absolute Gasteiger partial charge is 0.321 e. The van der Waals surface area contributed by atoms with E-state index in [9.17, 15) is 4.79 Å². The summed E-state index contributed by atoms with van der Waals surface area (Å²) < 4.78 is 4.84. The van der Waals surface area contributed by atoms with Crippen LogP contribution in [0.25, 0.3) is 0 Å². The Morgan fingerprint density at radius 3 is 2.83 bits per heavy atom. The molecule has 0 radical (unpaired) electrons. The van der Waals surface area contributed by atoms with Crippen molar-refractivity contribution in [3.8, 4) is 6.01 Å². The number of hydrogen-bond acceptors (Lipinski definition) is 8. The second-order valence-electron chi connectivity index (χ2n) is 2.95. The van der Waals surface area contributed by atoms with Gasteiger partial charge in [-0.25, -0.2) is 4.98 Å². The van der Waals surface area contributed by atoms with E-state index < -0.39 is 0 Å². The second kappa shape index (κ2) is 5.19. The molecule has 94 valence electrons. The van der Waals surface area contributed by atoms with Crippen molar-refractivity contribution < 1.29 is 4.74 Å². The monoisotopic (exact) mass is 286 g/mol. The van der Waals surface area contributed by atoms with E-state index in [-0.39, 0.29) is 33.0 Å². The summed E-state index contributed by atoms with van der Waals surface area (Å²) in [5.74, 6) is 0.105. The number of H-pyrrole nitrogens is 1. The number of aromatic nitrogens is 5. The van der Waals surface area contributed by atoms with E-state index in [0.29, 0.717) is 0 Å². The summed E-state index contributed by atoms with van der Waals surface area (Å²) in [6.07, 6.45) is 0. The van der Waals surface area contributed by atoms with Crippen LogP contribution in [0.3, 0.4) is 0 Å². The Labute approximate surface area is 110 Å². The van der Waals surface area contributed by atoms with Crippen molar-refractivity contribution in [3.63, 3.8) is 0 Å². The third kappa shape index (κ3) is 3.08. The van der Waals surface area contributed by atoms with Crippen molar-refractivity contribution in [2.45, 2.75) is 10.3 Å². The average Bonchev–Trinajstić information content (AvgIpc) is 2.26. The molecule has 3 N–H and O–H groups in total. The number of hydrogen-bond donors (Lipinski definition) is 2. The van der Waals surface area contributed by atoms with Crippen LogP contribution in [0.1, 0.15) is 0 Å². The fraction of sp³-hybridized carbons (Fsp3) is 0.125. The number of anilines is 1. The van der Waals surface area contributed by atoms with Crippen molar-refractivity contribution in [1.29, 1.82) is 0 Å². The molecule has 0 aliphatic heterocycles. The van der Waals surface area contributed by atoms with E-state index in [1.807, 2.05) is 0 Å². The lowest BCUT2D eigenvalue weighted by Crippen LogP contribution is -2.09. The maximum Gasteiger partial charge on any atom is 0.321 e. The highest BCUT2D eigenvalue weighted by atomic mass is 35.5. The van der Waals surface area contributed by atoms with Crippen LogP contribution in [0.15, 0.2) is 21.2 Å². The van der Waals surface area contributed by atoms with Crippen molar-refractivity contribution in [1.82, 2.24) is 24.9 Å². The van der Waals surface area contributed by atoms with Gasteiger partial charge in [-0.15, -0.1) is 0 Å². The molecule has 0 saturated carbocycles. The molecule has 0 amide bonds. The molecular weight excluding hydrogens is 280 g/mol. The van der Waals surface area contributed by atoms with E-state index in [2.05, 4.69) is 24.9 Å². The normalized spacial score (nSPS) is 10.3. The zero-order chi connectivity index (χ0) is 13.1. The first-order valence-electron chi connectivity index (χ1n) is 4.57. The van der Waals surface area contributed by atoms with Gasteiger partial charge in [0.2, 0.25) is 10.4 Å². The summed E-state index contributed by atoms with van der Waals surface area (Å²) in [6.45, 7) is 0. The van der Waals surface area contributed by atoms with Crippen LogP contribution in [0, 0.1) is 0 Å². The predicted octanol–water partition coefficient (Wildman–Crippen LogP) is 0.350. The summed E-state index contributed by atoms with van der Waals surface area (Å²) in [7, 11) is 1.40. The van der Waals surface area contributed by atoms with Gasteiger partial charge in [-0.2, -0.15) is 15.0 Å². The summed E-state index contributed by atoms with van der Waals surface area (Å²) in [5, 5.41) is 0.473. The Kier molecular flexibility index (Phi) is 3.63. The van der Waals surface area contributed by atoms with Gasteiger partial charge in [0.05, 0.1) is 7.11 Å². The maximum absolute atomic E-state index is 11.2. The first-order valence-corrected chi connectivity index (χ1v) is 5.76. The van der Waals surface area contributed by atoms with Crippen molar-refractivity contribution in [2.24, 2.45) is 0 Å². The Morgan fingerprint density at radius 2 is 2.17 bits per heavy atom. The Hall–Kier alpha value is -1.87. The van der Waals surface area contributed by atoms with Crippen LogP contribution in [0.2, 0.25) is 5.28 Å². The molecule has 18 heavy (non-hydrogen) atoms. The zero-order valence-corrected chi connectivity index (χ0v) is 10.6. The highest BCUT2D eigenvalue weighted by Crippen LogP contribution is 2.22. The van der Waals surface area contributed by atoms with Crippen LogP contribution >= 0.6 is 23.4 Å². The summed E-state index contributed by atoms with van der Waals surface area (Å²) in [5.41, 5.74) is 5.09. The zero-order valence-electron chi connectivity index (χ0n) is 9.05. The summed E-state index contributed by atoms with van der Waals surface area (Å²) in [6, 6.07) is 1.24. The molecule has 0 aliphatic carbocycles. The average molecular weight is 287 g/mol. The molecule has 0 atom stereocenters. The third-order valence-electron chi connectivity index (χ3n) is 1.68. The molecule has 0 fully saturated rings. The lowest BCUT2D eigenvalue weighted by molar-refractivity contribution is 0.373. The van der Waals surface area contributed by atoms with Gasteiger partial charge in [0.15, 0.2) is 5.16 Å². The molecule has 0 spiro atoms. The van der Waals surface area contributed by atoms with Crippen LogP contribution in [-0.2, 0) is 0 Å². The Bertz CT molecular complexity index is 633. The lowest BCUT2D eigenvalue weighted by atomic mass is 10.6. The first kappa shape index (κ1) is 12.6. The van der Waals surface area contributed by atoms with Gasteiger partial charge in [0.25, 0.3) is 5.56 Å². The molecular formula is C8H7ClN6O2S. The van der Waals surface area contributed by atoms with Gasteiger partial charge >= 0.3 is 6.01 Å². The highest BCUT2D eigenvalue weighted by Gasteiger charge is 2.09. The second-order valence-corrected chi connectivity index (χ2v) is 4.25. The summed E-state index contributed by atoms with van der Waals surface area (Å²) >= 11 is 6.67. The minimum atomic E-state index is -0.364. The maximum atomic E-state index is 11.2. The highest BCUT2D eigenvalue weighted by molar-refractivity contribution is 7.99. The molecule has 0 bridgehead atoms. The number of methoxy groups -OCH3 is 1. The molecule has 0 saturated heterocycles. The van der Waals surface area contributed by atoms with E-state index in [4.69, 9.17) is 22.1 Å². The molecule has 0 unspecified atom stereocenters. The number of nitrogens with one attached hydrogen (secondary N) is 1. The molecule has 2 rings (SSSR count). The number of nitrogen functional groups attached to an aromatic ring is 1. The number of nitrogens with zero attached hydrogens (tertiary/aromatic N) is 4. The van der Waals surface area contributed by atoms with Crippen LogP contribution in [0.5, 0.6) is 6.01 Å². The third-order valence-corrected chi connectivity index (χ3v) is 2.60. The van der Waals surface area contributed by atoms with Gasteiger partial charge in [-0.3, -0.25) is 4.79 Å². The molecule has 2 heterocycles. The largest absolute Gasteiger partial charge is 0.467 e. The van der Waals surface area contributed by atoms with Crippen LogP contribution in [0.4, 0.5) is 5.82 Å². The van der Waals surface area contributed by atoms with Crippen LogP contribution < -0.4 is 16.0 Å². The SMILES string of the molecule is COc1nc(Cl)nc(Sc2nc(N)cc(=O)[nH]2)n1. The fourth-order valence-corrected chi connectivity index (χ4v) is 1.97. The van der Waals surface area contributed by atoms with Crippen LogP contribution in [-0.4, -0.2) is 32.0 Å². The van der Waals surface area contributed by atoms with Gasteiger partial charge in [-0.1, -0.05) is 0 Å². The molecule has 0 aromatic carbocycles. The van der Waals surface area contributed by atoms with E-state index in [1.165, 1.54) is 13.2 Å². The lowest BCUT2D eigenvalue weighted by Gasteiger charge is -2.02. The number of halogens is 1. The molecule has 10 heteroatoms. The fourth-order valence-electron chi connectivity index (χ4n) is 1.04. The van der Waals surface area contributed by atoms with Crippen molar-refractivity contribution >= 4 is 29.2 Å². The molecule has 0 aliphatic rings. The number of ether oxygens (including phenoxy) is 1. The predicted molar refractivity (Wildman–Crippen MR) is 64.8 cm³/mol. The molecule has 8 nitrogen and oxygen atoms in total. The first-order chi connectivity index (χ1) is 8.56. The minimum Gasteiger partial charge on any atom is -0.467 e. The standard InChI is InChI=1S/C8H7ClN6O2S/c1-17-6-13-5(9)14-8(15-6)18-7-11-3(10)2-4(16)12-7/h2H,1H3,(H3,10,11,12,16). The van der Waals surface area contributed by atoms with Gasteiger partial charge in [0.1, 0.15) is 5.82 Å². The molecule has 2 aromatic heterocycles. The van der Waals surface area contributed by atoms with E-state index in [1.54, 1.807) is 0 Å². The Morgan fingerprint density at radius 1 is 1.39 bits per heavy atom. The topological polar surface area (TPSA) is 120 Å². The van der Waals surface area contributed by atoms with Gasteiger partial charge < -0.3 is 15.5 Å².